The van der Waals surface area contributed by atoms with Crippen LogP contribution in [-0.4, -0.2) is 30.6 Å². The van der Waals surface area contributed by atoms with E-state index in [0.29, 0.717) is 0 Å². The van der Waals surface area contributed by atoms with Crippen LogP contribution in [0, 0.1) is 0 Å². The summed E-state index contributed by atoms with van der Waals surface area (Å²) in [6.07, 6.45) is 3.94. The molecule has 0 aliphatic heterocycles. The normalized spacial score (nSPS) is 15.1. The molecular formula is C16H22N2S2. The van der Waals surface area contributed by atoms with E-state index >= 15 is 0 Å². The molecule has 2 aromatic rings. The summed E-state index contributed by atoms with van der Waals surface area (Å²) < 4.78 is 0. The van der Waals surface area contributed by atoms with Crippen LogP contribution in [0.2, 0.25) is 0 Å². The molecule has 3 rings (SSSR count). The van der Waals surface area contributed by atoms with Crippen molar-refractivity contribution in [2.24, 2.45) is 0 Å². The summed E-state index contributed by atoms with van der Waals surface area (Å²) in [6, 6.07) is 9.61. The van der Waals surface area contributed by atoms with E-state index in [1.807, 2.05) is 22.7 Å². The summed E-state index contributed by atoms with van der Waals surface area (Å²) in [7, 11) is 0. The van der Waals surface area contributed by atoms with E-state index in [1.54, 1.807) is 0 Å². The number of hydrogen-bond donors (Lipinski definition) is 1. The molecule has 1 aliphatic carbocycles. The zero-order chi connectivity index (χ0) is 13.6. The van der Waals surface area contributed by atoms with E-state index in [-0.39, 0.29) is 0 Å². The first-order valence-electron chi connectivity index (χ1n) is 7.41. The Labute approximate surface area is 129 Å². The topological polar surface area (TPSA) is 15.3 Å². The molecule has 0 aromatic carbocycles. The molecule has 0 unspecified atom stereocenters. The Morgan fingerprint density at radius 1 is 1.05 bits per heavy atom. The van der Waals surface area contributed by atoms with Crippen LogP contribution in [0.15, 0.2) is 35.0 Å². The Balaban J connectivity index is 1.35. The van der Waals surface area contributed by atoms with Gasteiger partial charge >= 0.3 is 0 Å². The van der Waals surface area contributed by atoms with E-state index in [9.17, 15) is 0 Å². The highest BCUT2D eigenvalue weighted by molar-refractivity contribution is 7.10. The maximum atomic E-state index is 3.58. The fourth-order valence-electron chi connectivity index (χ4n) is 2.45. The average molecular weight is 307 g/mol. The van der Waals surface area contributed by atoms with Crippen LogP contribution >= 0.6 is 22.7 Å². The van der Waals surface area contributed by atoms with Crippen LogP contribution in [0.1, 0.15) is 22.6 Å². The highest BCUT2D eigenvalue weighted by atomic mass is 32.1. The molecule has 108 valence electrons. The van der Waals surface area contributed by atoms with Crippen molar-refractivity contribution in [1.29, 1.82) is 0 Å². The molecule has 0 spiro atoms. The number of rotatable bonds is 9. The summed E-state index contributed by atoms with van der Waals surface area (Å²) in [5.74, 6) is 0. The van der Waals surface area contributed by atoms with Crippen molar-refractivity contribution >= 4 is 22.7 Å². The van der Waals surface area contributed by atoms with Gasteiger partial charge in [-0.2, -0.15) is 0 Å². The number of nitrogens with zero attached hydrogens (tertiary/aromatic N) is 1. The van der Waals surface area contributed by atoms with Crippen LogP contribution < -0.4 is 5.32 Å². The summed E-state index contributed by atoms with van der Waals surface area (Å²) in [5, 5.41) is 7.92. The average Bonchev–Trinajstić information content (AvgIpc) is 2.96. The molecule has 1 aliphatic rings. The highest BCUT2D eigenvalue weighted by Crippen LogP contribution is 2.28. The maximum Gasteiger partial charge on any atom is 0.0331 e. The maximum absolute atomic E-state index is 3.58. The Hall–Kier alpha value is -0.680. The first-order valence-corrected chi connectivity index (χ1v) is 9.17. The largest absolute Gasteiger partial charge is 0.315 e. The number of hydrogen-bond acceptors (Lipinski definition) is 4. The molecule has 4 heteroatoms. The summed E-state index contributed by atoms with van der Waals surface area (Å²) in [4.78, 5) is 5.62. The standard InChI is InChI=1S/C16H22N2S2/c1-3-15(19-11-1)7-8-17-9-10-18(14-5-6-14)13-16-4-2-12-20-16/h1-4,11-12,14,17H,5-10,13H2. The fourth-order valence-corrected chi connectivity index (χ4v) is 3.89. The van der Waals surface area contributed by atoms with Crippen molar-refractivity contribution < 1.29 is 0 Å². The van der Waals surface area contributed by atoms with Gasteiger partial charge in [-0.1, -0.05) is 12.1 Å². The van der Waals surface area contributed by atoms with Crippen molar-refractivity contribution in [3.63, 3.8) is 0 Å². The molecule has 1 fully saturated rings. The van der Waals surface area contributed by atoms with Crippen LogP contribution in [0.4, 0.5) is 0 Å². The monoisotopic (exact) mass is 306 g/mol. The molecule has 0 radical (unpaired) electrons. The SMILES string of the molecule is c1csc(CCNCCN(Cc2cccs2)C2CC2)c1. The minimum atomic E-state index is 0.844. The molecule has 0 bridgehead atoms. The van der Waals surface area contributed by atoms with Crippen molar-refractivity contribution in [3.05, 3.63) is 44.8 Å². The van der Waals surface area contributed by atoms with Crippen molar-refractivity contribution in [1.82, 2.24) is 10.2 Å². The lowest BCUT2D eigenvalue weighted by molar-refractivity contribution is 0.257. The second-order valence-electron chi connectivity index (χ2n) is 5.36. The number of nitrogens with one attached hydrogen (secondary N) is 1. The Bertz CT molecular complexity index is 475. The molecule has 20 heavy (non-hydrogen) atoms. The van der Waals surface area contributed by atoms with Gasteiger partial charge in [-0.25, -0.2) is 0 Å². The van der Waals surface area contributed by atoms with Crippen molar-refractivity contribution in [2.75, 3.05) is 19.6 Å². The molecule has 0 atom stereocenters. The molecule has 0 amide bonds. The predicted octanol–water partition coefficient (Wildman–Crippen LogP) is 3.61. The van der Waals surface area contributed by atoms with Gasteiger partial charge in [-0.3, -0.25) is 4.90 Å². The third-order valence-corrected chi connectivity index (χ3v) is 5.50. The zero-order valence-corrected chi connectivity index (χ0v) is 13.4. The lowest BCUT2D eigenvalue weighted by Crippen LogP contribution is -2.33. The summed E-state index contributed by atoms with van der Waals surface area (Å²) in [5.41, 5.74) is 0. The summed E-state index contributed by atoms with van der Waals surface area (Å²) >= 11 is 3.73. The van der Waals surface area contributed by atoms with Gasteiger partial charge in [-0.05, 0) is 42.2 Å². The van der Waals surface area contributed by atoms with Crippen LogP contribution in [0.5, 0.6) is 0 Å². The van der Waals surface area contributed by atoms with Crippen molar-refractivity contribution in [2.45, 2.75) is 31.8 Å². The summed E-state index contributed by atoms with van der Waals surface area (Å²) in [6.45, 7) is 4.51. The lowest BCUT2D eigenvalue weighted by atomic mass is 10.3. The van der Waals surface area contributed by atoms with Gasteiger partial charge < -0.3 is 5.32 Å². The molecular weight excluding hydrogens is 284 g/mol. The Morgan fingerprint density at radius 2 is 1.80 bits per heavy atom. The van der Waals surface area contributed by atoms with Gasteiger partial charge in [0.15, 0.2) is 0 Å². The van der Waals surface area contributed by atoms with Gasteiger partial charge in [0.1, 0.15) is 0 Å². The third-order valence-electron chi connectivity index (χ3n) is 3.71. The second-order valence-corrected chi connectivity index (χ2v) is 7.42. The van der Waals surface area contributed by atoms with E-state index in [2.05, 4.69) is 45.2 Å². The van der Waals surface area contributed by atoms with Gasteiger partial charge in [-0.15, -0.1) is 22.7 Å². The van der Waals surface area contributed by atoms with Gasteiger partial charge in [0.25, 0.3) is 0 Å². The zero-order valence-electron chi connectivity index (χ0n) is 11.8. The van der Waals surface area contributed by atoms with E-state index in [0.717, 1.165) is 32.1 Å². The molecule has 0 saturated heterocycles. The van der Waals surface area contributed by atoms with E-state index in [4.69, 9.17) is 0 Å². The smallest absolute Gasteiger partial charge is 0.0331 e. The quantitative estimate of drug-likeness (QED) is 0.712. The van der Waals surface area contributed by atoms with E-state index < -0.39 is 0 Å². The van der Waals surface area contributed by atoms with Gasteiger partial charge in [0, 0.05) is 42.0 Å². The highest BCUT2D eigenvalue weighted by Gasteiger charge is 2.28. The predicted molar refractivity (Wildman–Crippen MR) is 88.6 cm³/mol. The van der Waals surface area contributed by atoms with Gasteiger partial charge in [0.2, 0.25) is 0 Å². The first kappa shape index (κ1) is 14.3. The molecule has 1 saturated carbocycles. The Morgan fingerprint density at radius 3 is 2.45 bits per heavy atom. The third kappa shape index (κ3) is 4.42. The minimum absolute atomic E-state index is 0.844. The minimum Gasteiger partial charge on any atom is -0.315 e. The first-order chi connectivity index (χ1) is 9.92. The van der Waals surface area contributed by atoms with Crippen LogP contribution in [0.25, 0.3) is 0 Å². The van der Waals surface area contributed by atoms with Crippen LogP contribution in [-0.2, 0) is 13.0 Å². The van der Waals surface area contributed by atoms with Crippen LogP contribution in [0.3, 0.4) is 0 Å². The fraction of sp³-hybridized carbons (Fsp3) is 0.500. The molecule has 1 N–H and O–H groups in total. The Kier molecular flexibility index (Phi) is 5.25. The molecule has 2 aromatic heterocycles. The van der Waals surface area contributed by atoms with Gasteiger partial charge in [0.05, 0.1) is 0 Å². The lowest BCUT2D eigenvalue weighted by Gasteiger charge is -2.21. The van der Waals surface area contributed by atoms with E-state index in [1.165, 1.54) is 29.1 Å². The molecule has 2 heterocycles. The van der Waals surface area contributed by atoms with Crippen molar-refractivity contribution in [3.8, 4) is 0 Å². The second kappa shape index (κ2) is 7.36. The number of thiophene rings is 2. The molecule has 2 nitrogen and oxygen atoms in total.